The van der Waals surface area contributed by atoms with Gasteiger partial charge in [-0.3, -0.25) is 0 Å². The number of rotatable bonds is 0. The molecule has 0 amide bonds. The largest absolute Gasteiger partial charge is 0.381 e. The van der Waals surface area contributed by atoms with E-state index in [1.54, 1.807) is 0 Å². The summed E-state index contributed by atoms with van der Waals surface area (Å²) >= 11 is 0. The Bertz CT molecular complexity index is 382. The Labute approximate surface area is 90.3 Å². The summed E-state index contributed by atoms with van der Waals surface area (Å²) in [5.41, 5.74) is 2.97. The van der Waals surface area contributed by atoms with Crippen LogP contribution in [0, 0.1) is 12.3 Å². The lowest BCUT2D eigenvalue weighted by Crippen LogP contribution is -2.40. The fraction of sp³-hybridized carbons (Fsp3) is 0.583. The van der Waals surface area contributed by atoms with Crippen LogP contribution in [-0.4, -0.2) is 18.1 Å². The molecule has 1 saturated carbocycles. The van der Waals surface area contributed by atoms with Gasteiger partial charge in [0.2, 0.25) is 0 Å². The highest BCUT2D eigenvalue weighted by atomic mass is 15.1. The lowest BCUT2D eigenvalue weighted by atomic mass is 9.69. The van der Waals surface area contributed by atoms with Crippen molar-refractivity contribution in [1.29, 1.82) is 0 Å². The Hall–Kier alpha value is -1.25. The maximum Gasteiger partial charge on any atom is 0.149 e. The first kappa shape index (κ1) is 9.01. The van der Waals surface area contributed by atoms with Gasteiger partial charge in [0.1, 0.15) is 5.82 Å². The van der Waals surface area contributed by atoms with Crippen molar-refractivity contribution < 1.29 is 0 Å². The van der Waals surface area contributed by atoms with Gasteiger partial charge < -0.3 is 10.6 Å². The van der Waals surface area contributed by atoms with Crippen LogP contribution < -0.4 is 10.6 Å². The summed E-state index contributed by atoms with van der Waals surface area (Å²) in [5.74, 6) is 1.03. The summed E-state index contributed by atoms with van der Waals surface area (Å²) in [5, 5.41) is 7.05. The number of fused-ring (bicyclic) bond motifs is 1. The van der Waals surface area contributed by atoms with E-state index in [4.69, 9.17) is 0 Å². The van der Waals surface area contributed by atoms with Crippen molar-refractivity contribution in [3.8, 4) is 0 Å². The molecule has 3 heteroatoms. The van der Waals surface area contributed by atoms with Crippen molar-refractivity contribution >= 4 is 11.5 Å². The normalized spacial score (nSPS) is 21.9. The van der Waals surface area contributed by atoms with E-state index >= 15 is 0 Å². The molecule has 1 aromatic heterocycles. The van der Waals surface area contributed by atoms with Crippen LogP contribution >= 0.6 is 0 Å². The molecule has 1 aliphatic heterocycles. The zero-order valence-electron chi connectivity index (χ0n) is 9.14. The number of aromatic nitrogens is 1. The molecule has 0 radical (unpaired) electrons. The molecule has 0 bridgehead atoms. The molecule has 2 aliphatic rings. The lowest BCUT2D eigenvalue weighted by molar-refractivity contribution is 0.171. The van der Waals surface area contributed by atoms with Gasteiger partial charge in [0.15, 0.2) is 0 Å². The summed E-state index contributed by atoms with van der Waals surface area (Å²) in [6.07, 6.45) is 5.95. The Kier molecular flexibility index (Phi) is 1.87. The minimum Gasteiger partial charge on any atom is -0.381 e. The maximum absolute atomic E-state index is 4.39. The molecule has 15 heavy (non-hydrogen) atoms. The summed E-state index contributed by atoms with van der Waals surface area (Å²) < 4.78 is 0. The molecule has 3 nitrogen and oxygen atoms in total. The van der Waals surface area contributed by atoms with Gasteiger partial charge in [-0.15, -0.1) is 0 Å². The molecular formula is C12H17N3. The van der Waals surface area contributed by atoms with Crippen LogP contribution in [0.5, 0.6) is 0 Å². The van der Waals surface area contributed by atoms with Crippen LogP contribution in [0.15, 0.2) is 12.3 Å². The smallest absolute Gasteiger partial charge is 0.149 e. The van der Waals surface area contributed by atoms with Crippen molar-refractivity contribution in [3.63, 3.8) is 0 Å². The average molecular weight is 203 g/mol. The highest BCUT2D eigenvalue weighted by Crippen LogP contribution is 2.43. The topological polar surface area (TPSA) is 37.0 Å². The van der Waals surface area contributed by atoms with E-state index in [1.165, 1.54) is 30.5 Å². The van der Waals surface area contributed by atoms with Gasteiger partial charge in [-0.05, 0) is 31.4 Å². The number of hydrogen-bond acceptors (Lipinski definition) is 3. The molecule has 1 fully saturated rings. The van der Waals surface area contributed by atoms with Gasteiger partial charge in [-0.1, -0.05) is 6.42 Å². The number of nitrogens with one attached hydrogen (secondary N) is 2. The number of nitrogens with zero attached hydrogens (tertiary/aromatic N) is 1. The maximum atomic E-state index is 4.39. The third kappa shape index (κ3) is 1.37. The lowest BCUT2D eigenvalue weighted by Gasteiger charge is -2.40. The molecule has 1 aliphatic carbocycles. The Balaban J connectivity index is 1.91. The second kappa shape index (κ2) is 3.12. The van der Waals surface area contributed by atoms with Gasteiger partial charge in [0, 0.05) is 24.7 Å². The second-order valence-corrected chi connectivity index (χ2v) is 4.91. The third-order valence-electron chi connectivity index (χ3n) is 3.84. The first-order valence-electron chi connectivity index (χ1n) is 5.73. The SMILES string of the molecule is Cc1ccnc2c1NCC1(CCC1)CN2. The van der Waals surface area contributed by atoms with Gasteiger partial charge >= 0.3 is 0 Å². The molecule has 1 aromatic rings. The summed E-state index contributed by atoms with van der Waals surface area (Å²) in [6, 6.07) is 2.06. The fourth-order valence-electron chi connectivity index (χ4n) is 2.56. The fourth-order valence-corrected chi connectivity index (χ4v) is 2.56. The molecule has 0 unspecified atom stereocenters. The number of hydrogen-bond donors (Lipinski definition) is 2. The zero-order chi connectivity index (χ0) is 10.3. The van der Waals surface area contributed by atoms with E-state index in [9.17, 15) is 0 Å². The van der Waals surface area contributed by atoms with E-state index < -0.39 is 0 Å². The van der Waals surface area contributed by atoms with Crippen molar-refractivity contribution in [2.75, 3.05) is 23.7 Å². The first-order valence-corrected chi connectivity index (χ1v) is 5.73. The highest BCUT2D eigenvalue weighted by Gasteiger charge is 2.38. The van der Waals surface area contributed by atoms with Crippen LogP contribution in [0.2, 0.25) is 0 Å². The van der Waals surface area contributed by atoms with Crippen LogP contribution in [0.4, 0.5) is 11.5 Å². The summed E-state index contributed by atoms with van der Waals surface area (Å²) in [6.45, 7) is 4.30. The molecule has 0 atom stereocenters. The van der Waals surface area contributed by atoms with E-state index in [-0.39, 0.29) is 0 Å². The van der Waals surface area contributed by atoms with E-state index in [0.717, 1.165) is 18.9 Å². The van der Waals surface area contributed by atoms with Crippen molar-refractivity contribution in [2.45, 2.75) is 26.2 Å². The molecule has 0 saturated heterocycles. The monoisotopic (exact) mass is 203 g/mol. The predicted molar refractivity (Wildman–Crippen MR) is 62.2 cm³/mol. The van der Waals surface area contributed by atoms with Gasteiger partial charge in [-0.2, -0.15) is 0 Å². The molecule has 1 spiro atoms. The molecule has 2 N–H and O–H groups in total. The Morgan fingerprint density at radius 3 is 2.80 bits per heavy atom. The summed E-state index contributed by atoms with van der Waals surface area (Å²) in [7, 11) is 0. The number of pyridine rings is 1. The van der Waals surface area contributed by atoms with Crippen LogP contribution in [-0.2, 0) is 0 Å². The average Bonchev–Trinajstić information content (AvgIpc) is 2.37. The van der Waals surface area contributed by atoms with Crippen LogP contribution in [0.25, 0.3) is 0 Å². The van der Waals surface area contributed by atoms with Crippen molar-refractivity contribution in [2.24, 2.45) is 5.41 Å². The third-order valence-corrected chi connectivity index (χ3v) is 3.84. The molecule has 80 valence electrons. The molecule has 0 aromatic carbocycles. The highest BCUT2D eigenvalue weighted by molar-refractivity contribution is 5.69. The van der Waals surface area contributed by atoms with Gasteiger partial charge in [0.05, 0.1) is 5.69 Å². The van der Waals surface area contributed by atoms with Gasteiger partial charge in [0.25, 0.3) is 0 Å². The van der Waals surface area contributed by atoms with Crippen LogP contribution in [0.3, 0.4) is 0 Å². The van der Waals surface area contributed by atoms with Crippen molar-refractivity contribution in [1.82, 2.24) is 4.98 Å². The minimum absolute atomic E-state index is 0.493. The minimum atomic E-state index is 0.493. The number of aryl methyl sites for hydroxylation is 1. The van der Waals surface area contributed by atoms with E-state index in [2.05, 4.69) is 28.6 Å². The zero-order valence-corrected chi connectivity index (χ0v) is 9.14. The predicted octanol–water partition coefficient (Wildman–Crippen LogP) is 2.40. The van der Waals surface area contributed by atoms with Crippen LogP contribution in [0.1, 0.15) is 24.8 Å². The van der Waals surface area contributed by atoms with E-state index in [1.807, 2.05) is 6.20 Å². The Morgan fingerprint density at radius 2 is 2.07 bits per heavy atom. The Morgan fingerprint density at radius 1 is 1.27 bits per heavy atom. The second-order valence-electron chi connectivity index (χ2n) is 4.91. The first-order chi connectivity index (χ1) is 7.29. The number of anilines is 2. The quantitative estimate of drug-likeness (QED) is 0.680. The molecule has 2 heterocycles. The van der Waals surface area contributed by atoms with Crippen molar-refractivity contribution in [3.05, 3.63) is 17.8 Å². The molecular weight excluding hydrogens is 186 g/mol. The summed E-state index contributed by atoms with van der Waals surface area (Å²) in [4.78, 5) is 4.39. The standard InChI is InChI=1S/C12H17N3/c1-9-3-6-13-11-10(9)14-7-12(8-15-11)4-2-5-12/h3,6,14H,2,4-5,7-8H2,1H3,(H,13,15). The van der Waals surface area contributed by atoms with E-state index in [0.29, 0.717) is 5.41 Å². The van der Waals surface area contributed by atoms with Gasteiger partial charge in [-0.25, -0.2) is 4.98 Å². The molecule has 3 rings (SSSR count).